The third-order valence-electron chi connectivity index (χ3n) is 7.75. The number of nitrogens with one attached hydrogen (secondary N) is 2. The first-order valence-corrected chi connectivity index (χ1v) is 13.3. The zero-order valence-corrected chi connectivity index (χ0v) is 21.8. The van der Waals surface area contributed by atoms with Crippen LogP contribution in [0, 0.1) is 0 Å². The number of likely N-dealkylation sites (N-methyl/N-ethyl adjacent to an activating group) is 1. The average molecular weight is 482 g/mol. The summed E-state index contributed by atoms with van der Waals surface area (Å²) in [5.74, 6) is 0.758. The van der Waals surface area contributed by atoms with Crippen LogP contribution in [-0.2, 0) is 12.8 Å². The quantitative estimate of drug-likeness (QED) is 0.388. The van der Waals surface area contributed by atoms with Crippen molar-refractivity contribution in [2.45, 2.75) is 83.4 Å². The smallest absolute Gasteiger partial charge is 0.131 e. The Morgan fingerprint density at radius 1 is 1.11 bits per heavy atom. The Hall–Kier alpha value is -1.96. The molecule has 0 aromatic heterocycles. The molecule has 192 valence electrons. The molecule has 35 heavy (non-hydrogen) atoms. The fraction of sp³-hybridized carbons (Fsp3) is 0.586. The molecule has 2 aromatic carbocycles. The van der Waals surface area contributed by atoms with Crippen LogP contribution in [-0.4, -0.2) is 59.0 Å². The molecule has 6 nitrogen and oxygen atoms in total. The van der Waals surface area contributed by atoms with E-state index in [4.69, 9.17) is 4.74 Å². The number of hydrogen-bond acceptors (Lipinski definition) is 6. The van der Waals surface area contributed by atoms with Gasteiger partial charge in [-0.1, -0.05) is 44.2 Å². The predicted molar refractivity (Wildman–Crippen MR) is 141 cm³/mol. The zero-order chi connectivity index (χ0) is 25.0. The highest BCUT2D eigenvalue weighted by Gasteiger charge is 2.42. The largest absolute Gasteiger partial charge is 0.485 e. The molecule has 0 amide bonds. The van der Waals surface area contributed by atoms with Crippen LogP contribution in [0.4, 0.5) is 0 Å². The van der Waals surface area contributed by atoms with Crippen molar-refractivity contribution in [3.63, 3.8) is 0 Å². The molecule has 0 radical (unpaired) electrons. The number of rotatable bonds is 10. The van der Waals surface area contributed by atoms with Gasteiger partial charge in [0.1, 0.15) is 23.7 Å². The molecule has 2 unspecified atom stereocenters. The lowest BCUT2D eigenvalue weighted by Crippen LogP contribution is -2.52. The summed E-state index contributed by atoms with van der Waals surface area (Å²) < 4.78 is 6.16. The molecule has 2 aliphatic heterocycles. The van der Waals surface area contributed by atoms with Crippen LogP contribution in [0.2, 0.25) is 0 Å². The van der Waals surface area contributed by atoms with Gasteiger partial charge in [-0.2, -0.15) is 0 Å². The van der Waals surface area contributed by atoms with Gasteiger partial charge in [-0.25, -0.2) is 0 Å². The van der Waals surface area contributed by atoms with Gasteiger partial charge in [-0.05, 0) is 88.0 Å². The molecule has 0 aliphatic carbocycles. The topological polar surface area (TPSA) is 77.0 Å². The van der Waals surface area contributed by atoms with Crippen LogP contribution in [0.3, 0.4) is 0 Å². The maximum Gasteiger partial charge on any atom is 0.131 e. The van der Waals surface area contributed by atoms with Gasteiger partial charge in [0.05, 0.1) is 6.04 Å². The normalized spacial score (nSPS) is 24.7. The van der Waals surface area contributed by atoms with E-state index < -0.39 is 17.9 Å². The molecule has 2 aliphatic rings. The Bertz CT molecular complexity index is 962. The monoisotopic (exact) mass is 481 g/mol. The molecule has 1 fully saturated rings. The van der Waals surface area contributed by atoms with Crippen molar-refractivity contribution in [3.05, 3.63) is 64.7 Å². The lowest BCUT2D eigenvalue weighted by atomic mass is 9.85. The van der Waals surface area contributed by atoms with E-state index in [2.05, 4.69) is 53.6 Å². The van der Waals surface area contributed by atoms with Crippen LogP contribution in [0.25, 0.3) is 0 Å². The molecule has 0 bridgehead atoms. The minimum atomic E-state index is -0.760. The van der Waals surface area contributed by atoms with Crippen molar-refractivity contribution in [3.8, 4) is 5.75 Å². The van der Waals surface area contributed by atoms with E-state index in [0.717, 1.165) is 55.9 Å². The van der Waals surface area contributed by atoms with Crippen molar-refractivity contribution >= 4 is 0 Å². The van der Waals surface area contributed by atoms with Crippen molar-refractivity contribution < 1.29 is 14.9 Å². The van der Waals surface area contributed by atoms with Crippen LogP contribution >= 0.6 is 0 Å². The second kappa shape index (κ2) is 11.4. The molecule has 1 saturated heterocycles. The number of likely N-dealkylation sites (tertiary alicyclic amines) is 1. The molecule has 2 heterocycles. The number of benzene rings is 2. The average Bonchev–Trinajstić information content (AvgIpc) is 3.32. The summed E-state index contributed by atoms with van der Waals surface area (Å²) in [6.07, 6.45) is 2.83. The van der Waals surface area contributed by atoms with Gasteiger partial charge >= 0.3 is 0 Å². The first-order chi connectivity index (χ1) is 16.8. The maximum absolute atomic E-state index is 11.2. The Morgan fingerprint density at radius 2 is 1.86 bits per heavy atom. The molecule has 2 aromatic rings. The highest BCUT2D eigenvalue weighted by atomic mass is 16.5. The van der Waals surface area contributed by atoms with Crippen LogP contribution in [0.5, 0.6) is 5.75 Å². The zero-order valence-electron chi connectivity index (χ0n) is 21.8. The Labute approximate surface area is 210 Å². The summed E-state index contributed by atoms with van der Waals surface area (Å²) in [7, 11) is 0. The Morgan fingerprint density at radius 3 is 2.57 bits per heavy atom. The number of ether oxygens (including phenoxy) is 1. The summed E-state index contributed by atoms with van der Waals surface area (Å²) >= 11 is 0. The van der Waals surface area contributed by atoms with Gasteiger partial charge in [-0.15, -0.1) is 0 Å². The molecular formula is C29H43N3O3. The van der Waals surface area contributed by atoms with Crippen LogP contribution in [0.15, 0.2) is 42.5 Å². The summed E-state index contributed by atoms with van der Waals surface area (Å²) in [5.41, 5.74) is 3.59. The third kappa shape index (κ3) is 6.07. The first-order valence-electron chi connectivity index (χ1n) is 13.3. The molecule has 0 saturated carbocycles. The molecule has 0 spiro atoms. The van der Waals surface area contributed by atoms with E-state index >= 15 is 0 Å². The molecule has 6 heteroatoms. The number of aryl methyl sites for hydroxylation is 1. The SMILES string of the molecule is CCc1ccc(CCN[C@@H]2c3cc(C(O)NCC4CCCN4CC)ccc3OC(C)(C)[C@H]2O)cc1. The number of fused-ring (bicyclic) bond motifs is 1. The second-order valence-electron chi connectivity index (χ2n) is 10.5. The Kier molecular flexibility index (Phi) is 8.50. The minimum absolute atomic E-state index is 0.277. The fourth-order valence-electron chi connectivity index (χ4n) is 5.43. The number of aliphatic hydroxyl groups is 2. The van der Waals surface area contributed by atoms with Gasteiger partial charge in [0.25, 0.3) is 0 Å². The number of nitrogens with zero attached hydrogens (tertiary/aromatic N) is 1. The highest BCUT2D eigenvalue weighted by Crippen LogP contribution is 2.40. The Balaban J connectivity index is 1.45. The third-order valence-corrected chi connectivity index (χ3v) is 7.75. The second-order valence-corrected chi connectivity index (χ2v) is 10.5. The fourth-order valence-corrected chi connectivity index (χ4v) is 5.43. The lowest BCUT2D eigenvalue weighted by Gasteiger charge is -2.42. The lowest BCUT2D eigenvalue weighted by molar-refractivity contribution is -0.0645. The highest BCUT2D eigenvalue weighted by molar-refractivity contribution is 5.43. The van der Waals surface area contributed by atoms with Gasteiger partial charge in [0.2, 0.25) is 0 Å². The number of hydrogen-bond donors (Lipinski definition) is 4. The van der Waals surface area contributed by atoms with Gasteiger partial charge in [0.15, 0.2) is 0 Å². The van der Waals surface area contributed by atoms with Crippen molar-refractivity contribution in [1.29, 1.82) is 0 Å². The van der Waals surface area contributed by atoms with E-state index in [1.807, 2.05) is 32.0 Å². The van der Waals surface area contributed by atoms with Gasteiger partial charge in [0, 0.05) is 18.2 Å². The summed E-state index contributed by atoms with van der Waals surface area (Å²) in [5, 5.41) is 29.0. The van der Waals surface area contributed by atoms with E-state index in [1.54, 1.807) is 0 Å². The van der Waals surface area contributed by atoms with Crippen molar-refractivity contribution in [2.24, 2.45) is 0 Å². The van der Waals surface area contributed by atoms with E-state index in [-0.39, 0.29) is 6.04 Å². The van der Waals surface area contributed by atoms with Crippen molar-refractivity contribution in [2.75, 3.05) is 26.2 Å². The summed E-state index contributed by atoms with van der Waals surface area (Å²) in [4.78, 5) is 2.47. The maximum atomic E-state index is 11.2. The minimum Gasteiger partial charge on any atom is -0.485 e. The number of aliphatic hydroxyl groups excluding tert-OH is 2. The van der Waals surface area contributed by atoms with E-state index in [0.29, 0.717) is 6.04 Å². The van der Waals surface area contributed by atoms with E-state index in [1.165, 1.54) is 24.0 Å². The van der Waals surface area contributed by atoms with E-state index in [9.17, 15) is 10.2 Å². The molecular weight excluding hydrogens is 438 g/mol. The molecule has 4 rings (SSSR count). The standard InChI is InChI=1S/C29H43N3O3/c1-5-20-9-11-21(12-10-20)15-16-30-26-24-18-22(13-14-25(24)35-29(3,4)27(26)33)28(34)31-19-23-8-7-17-32(23)6-2/h9-14,18,23,26-28,30-31,33-34H,5-8,15-17,19H2,1-4H3/t23?,26-,27+,28?/m1/s1. The van der Waals surface area contributed by atoms with Crippen LogP contribution in [0.1, 0.15) is 75.1 Å². The van der Waals surface area contributed by atoms with Gasteiger partial charge in [-0.3, -0.25) is 10.2 Å². The van der Waals surface area contributed by atoms with Gasteiger partial charge < -0.3 is 20.3 Å². The molecule has 4 N–H and O–H groups in total. The summed E-state index contributed by atoms with van der Waals surface area (Å²) in [6, 6.07) is 14.8. The summed E-state index contributed by atoms with van der Waals surface area (Å²) in [6.45, 7) is 11.9. The predicted octanol–water partition coefficient (Wildman–Crippen LogP) is 3.72. The van der Waals surface area contributed by atoms with Crippen molar-refractivity contribution in [1.82, 2.24) is 15.5 Å². The first kappa shape index (κ1) is 26.1. The van der Waals surface area contributed by atoms with Crippen LogP contribution < -0.4 is 15.4 Å². The molecule has 4 atom stereocenters.